The van der Waals surface area contributed by atoms with Crippen molar-refractivity contribution < 1.29 is 9.15 Å². The molecule has 4 heteroatoms. The Balaban J connectivity index is 1.12. The molecular weight excluding hydrogens is 805 g/mol. The lowest BCUT2D eigenvalue weighted by molar-refractivity contribution is 0.202. The summed E-state index contributed by atoms with van der Waals surface area (Å²) in [4.78, 5) is 5.09. The smallest absolute Gasteiger partial charge is 0.159 e. The van der Waals surface area contributed by atoms with E-state index in [2.05, 4.69) is 221 Å². The van der Waals surface area contributed by atoms with E-state index < -0.39 is 0 Å². The van der Waals surface area contributed by atoms with Crippen LogP contribution in [-0.4, -0.2) is 12.1 Å². The molecule has 1 aromatic heterocycles. The third-order valence-electron chi connectivity index (χ3n) is 14.8. The molecule has 2 aliphatic carbocycles. The van der Waals surface area contributed by atoms with Crippen LogP contribution in [0.2, 0.25) is 0 Å². The van der Waals surface area contributed by atoms with Crippen molar-refractivity contribution in [1.29, 1.82) is 0 Å². The highest BCUT2D eigenvalue weighted by molar-refractivity contribution is 6.24. The summed E-state index contributed by atoms with van der Waals surface area (Å²) in [6.07, 6.45) is 8.71. The van der Waals surface area contributed by atoms with Crippen LogP contribution in [0, 0.1) is 11.8 Å². The molecule has 3 aliphatic rings. The van der Waals surface area contributed by atoms with E-state index in [0.29, 0.717) is 23.7 Å². The van der Waals surface area contributed by atoms with E-state index in [1.165, 1.54) is 76.9 Å². The topological polar surface area (TPSA) is 28.9 Å². The van der Waals surface area contributed by atoms with Crippen molar-refractivity contribution >= 4 is 83.4 Å². The number of allylic oxidation sites excluding steroid dienone is 2. The quantitative estimate of drug-likeness (QED) is 0.142. The number of para-hydroxylation sites is 2. The molecule has 4 unspecified atom stereocenters. The maximum absolute atomic E-state index is 7.03. The molecule has 0 saturated heterocycles. The molecule has 9 aromatic rings. The van der Waals surface area contributed by atoms with Gasteiger partial charge in [-0.2, -0.15) is 0 Å². The highest BCUT2D eigenvalue weighted by Gasteiger charge is 2.44. The van der Waals surface area contributed by atoms with Crippen LogP contribution in [0.25, 0.3) is 54.9 Å². The molecule has 0 N–H and O–H groups in total. The summed E-state index contributed by atoms with van der Waals surface area (Å²) in [6, 6.07) is 56.8. The predicted octanol–water partition coefficient (Wildman–Crippen LogP) is 17.2. The Kier molecular flexibility index (Phi) is 9.71. The molecule has 66 heavy (non-hydrogen) atoms. The van der Waals surface area contributed by atoms with Gasteiger partial charge < -0.3 is 19.0 Å². The zero-order chi connectivity index (χ0) is 44.8. The van der Waals surface area contributed by atoms with Gasteiger partial charge in [0, 0.05) is 44.2 Å². The van der Waals surface area contributed by atoms with E-state index in [1.807, 2.05) is 0 Å². The molecule has 12 rings (SSSR count). The van der Waals surface area contributed by atoms with Crippen LogP contribution >= 0.6 is 0 Å². The standard InChI is InChI=1S/C62H56N2O2/c1-37(2)41-24-28-43(29-25-41)63(55-20-13-19-50-54-34-39(5)22-33-59(54)65-61(50)55)56-35-52-46-15-8-10-17-48(46)57(36-53(52)45-14-7-9-16-47(45)56)64(44-30-26-42(27-31-44)38(3)4)60-40(6)23-32-51-49-18-11-12-21-58(49)66-62(51)60/h7-22,24-33,35-40,60,62H,23,34H2,1-6H3. The Morgan fingerprint density at radius 2 is 1.15 bits per heavy atom. The van der Waals surface area contributed by atoms with Gasteiger partial charge in [-0.3, -0.25) is 0 Å². The zero-order valence-corrected chi connectivity index (χ0v) is 38.8. The number of ether oxygens (including phenoxy) is 1. The van der Waals surface area contributed by atoms with Crippen molar-refractivity contribution in [3.8, 4) is 5.75 Å². The molecule has 4 atom stereocenters. The minimum atomic E-state index is -0.117. The molecule has 1 aliphatic heterocycles. The second kappa shape index (κ2) is 15.8. The molecular formula is C62H56N2O2. The Morgan fingerprint density at radius 3 is 1.83 bits per heavy atom. The zero-order valence-electron chi connectivity index (χ0n) is 38.8. The molecule has 0 spiro atoms. The van der Waals surface area contributed by atoms with Gasteiger partial charge in [0.15, 0.2) is 5.58 Å². The van der Waals surface area contributed by atoms with Crippen molar-refractivity contribution in [2.75, 3.05) is 9.80 Å². The van der Waals surface area contributed by atoms with Crippen molar-refractivity contribution in [3.05, 3.63) is 192 Å². The van der Waals surface area contributed by atoms with Gasteiger partial charge in [0.2, 0.25) is 0 Å². The summed E-state index contributed by atoms with van der Waals surface area (Å²) in [5, 5.41) is 8.45. The molecule has 8 aromatic carbocycles. The molecule has 326 valence electrons. The lowest BCUT2D eigenvalue weighted by atomic mass is 9.80. The number of nitrogens with zero attached hydrogens (tertiary/aromatic N) is 2. The summed E-state index contributed by atoms with van der Waals surface area (Å²) in [6.45, 7) is 13.8. The van der Waals surface area contributed by atoms with E-state index in [-0.39, 0.29) is 12.1 Å². The Morgan fingerprint density at radius 1 is 0.561 bits per heavy atom. The average molecular weight is 861 g/mol. The molecule has 0 fully saturated rings. The van der Waals surface area contributed by atoms with E-state index in [1.54, 1.807) is 0 Å². The summed E-state index contributed by atoms with van der Waals surface area (Å²) in [5.74, 6) is 3.58. The summed E-state index contributed by atoms with van der Waals surface area (Å²) < 4.78 is 13.9. The van der Waals surface area contributed by atoms with Crippen molar-refractivity contribution in [1.82, 2.24) is 0 Å². The third-order valence-corrected chi connectivity index (χ3v) is 14.8. The number of hydrogen-bond acceptors (Lipinski definition) is 4. The van der Waals surface area contributed by atoms with Crippen molar-refractivity contribution in [2.45, 2.75) is 78.4 Å². The molecule has 2 heterocycles. The van der Waals surface area contributed by atoms with Gasteiger partial charge in [-0.1, -0.05) is 157 Å². The van der Waals surface area contributed by atoms with E-state index in [9.17, 15) is 0 Å². The molecule has 0 bridgehead atoms. The number of fused-ring (bicyclic) bond motifs is 11. The first kappa shape index (κ1) is 40.5. The third kappa shape index (κ3) is 6.48. The first-order chi connectivity index (χ1) is 32.2. The number of anilines is 5. The van der Waals surface area contributed by atoms with E-state index in [4.69, 9.17) is 9.15 Å². The van der Waals surface area contributed by atoms with Crippen LogP contribution in [0.5, 0.6) is 5.75 Å². The van der Waals surface area contributed by atoms with Crippen LogP contribution in [0.1, 0.15) is 87.8 Å². The normalized spacial score (nSPS) is 18.8. The van der Waals surface area contributed by atoms with Crippen molar-refractivity contribution in [3.63, 3.8) is 0 Å². The number of furan rings is 1. The fraction of sp³-hybridized carbons (Fsp3) is 0.226. The SMILES string of the molecule is CC1C=Cc2oc3c(N(c4ccc(C(C)C)cc4)c4cc5c6ccccc6c(N(c6ccc(C(C)C)cc6)C6C(C)CC=C7c8ccccc8OC76)cc5c5ccccc45)cccc3c2C1. The second-order valence-corrected chi connectivity index (χ2v) is 19.7. The van der Waals surface area contributed by atoms with E-state index >= 15 is 0 Å². The average Bonchev–Trinajstić information content (AvgIpc) is 3.91. The van der Waals surface area contributed by atoms with Gasteiger partial charge in [0.25, 0.3) is 0 Å². The van der Waals surface area contributed by atoms with Crippen molar-refractivity contribution in [2.24, 2.45) is 11.8 Å². The summed E-state index contributed by atoms with van der Waals surface area (Å²) in [5.41, 5.74) is 13.0. The van der Waals surface area contributed by atoms with Gasteiger partial charge in [-0.05, 0) is 124 Å². The van der Waals surface area contributed by atoms with Crippen LogP contribution in [-0.2, 0) is 6.42 Å². The monoisotopic (exact) mass is 860 g/mol. The van der Waals surface area contributed by atoms with Crippen LogP contribution in [0.3, 0.4) is 0 Å². The number of hydrogen-bond donors (Lipinski definition) is 0. The lowest BCUT2D eigenvalue weighted by Gasteiger charge is -2.43. The minimum Gasteiger partial charge on any atom is -0.483 e. The maximum atomic E-state index is 7.03. The van der Waals surface area contributed by atoms with Gasteiger partial charge in [-0.15, -0.1) is 0 Å². The number of rotatable bonds is 8. The molecule has 0 amide bonds. The fourth-order valence-electron chi connectivity index (χ4n) is 11.3. The van der Waals surface area contributed by atoms with Crippen LogP contribution in [0.4, 0.5) is 28.4 Å². The minimum absolute atomic E-state index is 0.0374. The van der Waals surface area contributed by atoms with E-state index in [0.717, 1.165) is 47.0 Å². The highest BCUT2D eigenvalue weighted by Crippen LogP contribution is 2.52. The largest absolute Gasteiger partial charge is 0.483 e. The molecule has 0 saturated carbocycles. The first-order valence-electron chi connectivity index (χ1n) is 24.1. The number of benzene rings is 8. The van der Waals surface area contributed by atoms with Crippen LogP contribution in [0.15, 0.2) is 168 Å². The Bertz CT molecular complexity index is 3410. The Labute approximate surface area is 388 Å². The first-order valence-corrected chi connectivity index (χ1v) is 24.1. The fourth-order valence-corrected chi connectivity index (χ4v) is 11.3. The van der Waals surface area contributed by atoms with Gasteiger partial charge in [0.05, 0.1) is 23.1 Å². The van der Waals surface area contributed by atoms with Gasteiger partial charge in [-0.25, -0.2) is 0 Å². The lowest BCUT2D eigenvalue weighted by Crippen LogP contribution is -2.49. The summed E-state index contributed by atoms with van der Waals surface area (Å²) in [7, 11) is 0. The van der Waals surface area contributed by atoms with Gasteiger partial charge in [0.1, 0.15) is 17.6 Å². The van der Waals surface area contributed by atoms with Gasteiger partial charge >= 0.3 is 0 Å². The molecule has 0 radical (unpaired) electrons. The molecule has 4 nitrogen and oxygen atoms in total. The predicted molar refractivity (Wildman–Crippen MR) is 278 cm³/mol. The van der Waals surface area contributed by atoms with Crippen LogP contribution < -0.4 is 14.5 Å². The second-order valence-electron chi connectivity index (χ2n) is 19.7. The highest BCUT2D eigenvalue weighted by atomic mass is 16.5. The Hall–Kier alpha value is -7.04. The summed E-state index contributed by atoms with van der Waals surface area (Å²) >= 11 is 0. The maximum Gasteiger partial charge on any atom is 0.159 e.